The van der Waals surface area contributed by atoms with Crippen molar-refractivity contribution >= 4 is 34.8 Å². The first kappa shape index (κ1) is 20.3. The van der Waals surface area contributed by atoms with Crippen molar-refractivity contribution in [2.75, 3.05) is 24.5 Å². The van der Waals surface area contributed by atoms with E-state index in [4.69, 9.17) is 16.6 Å². The van der Waals surface area contributed by atoms with Crippen molar-refractivity contribution in [3.05, 3.63) is 52.8 Å². The fraction of sp³-hybridized carbons (Fsp3) is 0.458. The molecule has 0 unspecified atom stereocenters. The molecule has 31 heavy (non-hydrogen) atoms. The van der Waals surface area contributed by atoms with Crippen LogP contribution in [0.25, 0.3) is 0 Å². The molecule has 6 nitrogen and oxygen atoms in total. The standard InChI is InChI=1S/C24H27ClN4O2/c1-23(2)22(31)26-13-14-29(23)21(30)17-9-10-19-20(27-17)24(11-5-6-12-24)15-28(19)18-8-4-3-7-16(18)25/h3-4,7-10H,5-6,11-15H2,1-2H3,(H,26,31). The molecule has 1 aromatic heterocycles. The second kappa shape index (κ2) is 7.23. The van der Waals surface area contributed by atoms with Crippen LogP contribution in [0.2, 0.25) is 5.02 Å². The number of hydrogen-bond donors (Lipinski definition) is 1. The van der Waals surface area contributed by atoms with Gasteiger partial charge in [0.2, 0.25) is 5.91 Å². The Morgan fingerprint density at radius 1 is 1.10 bits per heavy atom. The highest BCUT2D eigenvalue weighted by molar-refractivity contribution is 6.33. The average molecular weight is 439 g/mol. The first-order valence-electron chi connectivity index (χ1n) is 11.0. The van der Waals surface area contributed by atoms with Gasteiger partial charge in [0, 0.05) is 25.0 Å². The third kappa shape index (κ3) is 3.11. The van der Waals surface area contributed by atoms with Gasteiger partial charge in [-0.2, -0.15) is 0 Å². The molecule has 3 aliphatic rings. The van der Waals surface area contributed by atoms with Crippen LogP contribution in [-0.4, -0.2) is 46.9 Å². The van der Waals surface area contributed by atoms with Gasteiger partial charge in [-0.25, -0.2) is 4.98 Å². The number of carbonyl (C=O) groups is 2. The summed E-state index contributed by atoms with van der Waals surface area (Å²) in [6.07, 6.45) is 4.44. The summed E-state index contributed by atoms with van der Waals surface area (Å²) < 4.78 is 0. The molecule has 162 valence electrons. The molecule has 2 fully saturated rings. The Kier molecular flexibility index (Phi) is 4.74. The first-order chi connectivity index (χ1) is 14.8. The number of hydrogen-bond acceptors (Lipinski definition) is 4. The molecule has 1 saturated heterocycles. The number of nitrogens with one attached hydrogen (secondary N) is 1. The molecule has 3 heterocycles. The van der Waals surface area contributed by atoms with Crippen molar-refractivity contribution in [3.8, 4) is 0 Å². The molecule has 7 heteroatoms. The second-order valence-electron chi connectivity index (χ2n) is 9.36. The van der Waals surface area contributed by atoms with Gasteiger partial charge in [0.05, 0.1) is 22.1 Å². The number of benzene rings is 1. The van der Waals surface area contributed by atoms with E-state index in [1.54, 1.807) is 24.8 Å². The lowest BCUT2D eigenvalue weighted by atomic mass is 9.84. The number of amides is 2. The van der Waals surface area contributed by atoms with E-state index in [-0.39, 0.29) is 17.2 Å². The largest absolute Gasteiger partial charge is 0.352 e. The van der Waals surface area contributed by atoms with E-state index in [0.717, 1.165) is 49.3 Å². The number of pyridine rings is 1. The molecule has 5 rings (SSSR count). The minimum atomic E-state index is -0.898. The van der Waals surface area contributed by atoms with Crippen LogP contribution in [0.3, 0.4) is 0 Å². The Bertz CT molecular complexity index is 1060. The van der Waals surface area contributed by atoms with Crippen LogP contribution in [0, 0.1) is 0 Å². The van der Waals surface area contributed by atoms with Gasteiger partial charge in [-0.15, -0.1) is 0 Å². The lowest BCUT2D eigenvalue weighted by Gasteiger charge is -2.41. The molecule has 0 bridgehead atoms. The van der Waals surface area contributed by atoms with Gasteiger partial charge in [-0.1, -0.05) is 36.6 Å². The molecule has 1 N–H and O–H groups in total. The summed E-state index contributed by atoms with van der Waals surface area (Å²) in [4.78, 5) is 34.6. The minimum Gasteiger partial charge on any atom is -0.352 e. The maximum atomic E-state index is 13.4. The fourth-order valence-electron chi connectivity index (χ4n) is 5.37. The van der Waals surface area contributed by atoms with E-state index < -0.39 is 5.54 Å². The first-order valence-corrected chi connectivity index (χ1v) is 11.4. The molecular formula is C24H27ClN4O2. The van der Waals surface area contributed by atoms with Crippen LogP contribution < -0.4 is 10.2 Å². The van der Waals surface area contributed by atoms with Gasteiger partial charge in [0.1, 0.15) is 11.2 Å². The molecule has 0 radical (unpaired) electrons. The molecule has 2 aromatic rings. The molecule has 2 amide bonds. The zero-order valence-electron chi connectivity index (χ0n) is 17.9. The average Bonchev–Trinajstić information content (AvgIpc) is 3.35. The highest BCUT2D eigenvalue weighted by Crippen LogP contribution is 2.52. The summed E-state index contributed by atoms with van der Waals surface area (Å²) in [6.45, 7) is 5.33. The van der Waals surface area contributed by atoms with Crippen molar-refractivity contribution < 1.29 is 9.59 Å². The van der Waals surface area contributed by atoms with E-state index >= 15 is 0 Å². The Morgan fingerprint density at radius 3 is 2.58 bits per heavy atom. The van der Waals surface area contributed by atoms with Crippen molar-refractivity contribution in [2.24, 2.45) is 0 Å². The van der Waals surface area contributed by atoms with E-state index in [0.29, 0.717) is 23.8 Å². The van der Waals surface area contributed by atoms with Gasteiger partial charge in [-0.05, 0) is 51.0 Å². The number of halogens is 1. The van der Waals surface area contributed by atoms with Gasteiger partial charge in [0.25, 0.3) is 5.91 Å². The van der Waals surface area contributed by atoms with E-state index in [9.17, 15) is 9.59 Å². The number of rotatable bonds is 2. The molecule has 1 saturated carbocycles. The monoisotopic (exact) mass is 438 g/mol. The number of carbonyl (C=O) groups excluding carboxylic acids is 2. The Balaban J connectivity index is 1.56. The zero-order chi connectivity index (χ0) is 21.8. The third-order valence-corrected chi connectivity index (χ3v) is 7.47. The third-order valence-electron chi connectivity index (χ3n) is 7.15. The molecule has 1 spiro atoms. The summed E-state index contributed by atoms with van der Waals surface area (Å²) in [5.41, 5.74) is 2.46. The van der Waals surface area contributed by atoms with E-state index in [2.05, 4.69) is 10.2 Å². The quantitative estimate of drug-likeness (QED) is 0.768. The minimum absolute atomic E-state index is 0.0560. The molecular weight excluding hydrogens is 412 g/mol. The second-order valence-corrected chi connectivity index (χ2v) is 9.77. The normalized spacial score (nSPS) is 21.3. The maximum Gasteiger partial charge on any atom is 0.273 e. The predicted molar refractivity (Wildman–Crippen MR) is 121 cm³/mol. The lowest BCUT2D eigenvalue weighted by Crippen LogP contribution is -2.63. The summed E-state index contributed by atoms with van der Waals surface area (Å²) in [5, 5.41) is 3.56. The molecule has 1 aromatic carbocycles. The van der Waals surface area contributed by atoms with Crippen molar-refractivity contribution in [1.82, 2.24) is 15.2 Å². The smallest absolute Gasteiger partial charge is 0.273 e. The number of fused-ring (bicyclic) bond motifs is 2. The highest BCUT2D eigenvalue weighted by atomic mass is 35.5. The van der Waals surface area contributed by atoms with Crippen molar-refractivity contribution in [3.63, 3.8) is 0 Å². The van der Waals surface area contributed by atoms with Gasteiger partial charge < -0.3 is 15.1 Å². The fourth-order valence-corrected chi connectivity index (χ4v) is 5.61. The summed E-state index contributed by atoms with van der Waals surface area (Å²) in [5.74, 6) is -0.322. The Morgan fingerprint density at radius 2 is 1.84 bits per heavy atom. The van der Waals surface area contributed by atoms with Crippen LogP contribution in [-0.2, 0) is 10.2 Å². The predicted octanol–water partition coefficient (Wildman–Crippen LogP) is 4.05. The van der Waals surface area contributed by atoms with E-state index in [1.165, 1.54) is 0 Å². The number of nitrogens with zero attached hydrogens (tertiary/aromatic N) is 3. The lowest BCUT2D eigenvalue weighted by molar-refractivity contribution is -0.133. The van der Waals surface area contributed by atoms with Crippen molar-refractivity contribution in [1.29, 1.82) is 0 Å². The number of anilines is 2. The summed E-state index contributed by atoms with van der Waals surface area (Å²) in [6, 6.07) is 11.7. The maximum absolute atomic E-state index is 13.4. The summed E-state index contributed by atoms with van der Waals surface area (Å²) in [7, 11) is 0. The van der Waals surface area contributed by atoms with Crippen molar-refractivity contribution in [2.45, 2.75) is 50.5 Å². The van der Waals surface area contributed by atoms with E-state index in [1.807, 2.05) is 30.3 Å². The zero-order valence-corrected chi connectivity index (χ0v) is 18.7. The Hall–Kier alpha value is -2.60. The molecule has 1 aliphatic carbocycles. The summed E-state index contributed by atoms with van der Waals surface area (Å²) >= 11 is 6.53. The van der Waals surface area contributed by atoms with Crippen LogP contribution in [0.1, 0.15) is 55.7 Å². The highest BCUT2D eigenvalue weighted by Gasteiger charge is 2.48. The number of piperazine rings is 1. The SMILES string of the molecule is CC1(C)C(=O)NCCN1C(=O)c1ccc2c(n1)C1(CCCC1)CN2c1ccccc1Cl. The number of para-hydroxylation sites is 1. The van der Waals surface area contributed by atoms with Crippen LogP contribution in [0.15, 0.2) is 36.4 Å². The molecule has 2 aliphatic heterocycles. The van der Waals surface area contributed by atoms with Crippen LogP contribution in [0.4, 0.5) is 11.4 Å². The number of aromatic nitrogens is 1. The molecule has 0 atom stereocenters. The van der Waals surface area contributed by atoms with Gasteiger partial charge >= 0.3 is 0 Å². The van der Waals surface area contributed by atoms with Crippen LogP contribution >= 0.6 is 11.6 Å². The van der Waals surface area contributed by atoms with Gasteiger partial charge in [-0.3, -0.25) is 9.59 Å². The van der Waals surface area contributed by atoms with Crippen LogP contribution in [0.5, 0.6) is 0 Å². The Labute approximate surface area is 187 Å². The van der Waals surface area contributed by atoms with Gasteiger partial charge in [0.15, 0.2) is 0 Å². The topological polar surface area (TPSA) is 65.5 Å².